The number of anilines is 1. The van der Waals surface area contributed by atoms with Crippen molar-refractivity contribution in [3.8, 4) is 17.2 Å². The second-order valence-electron chi connectivity index (χ2n) is 7.23. The third-order valence-corrected chi connectivity index (χ3v) is 5.10. The Bertz CT molecular complexity index is 1080. The van der Waals surface area contributed by atoms with Gasteiger partial charge in [-0.25, -0.2) is 0 Å². The van der Waals surface area contributed by atoms with Crippen LogP contribution in [0.1, 0.15) is 22.7 Å². The Morgan fingerprint density at radius 2 is 1.53 bits per heavy atom. The SMILES string of the molecule is COc1cc(C(Nc2ccc(C(=N)N)cc2)C(=O)NCc2ccccc2)cc(OC)c1OC.Cl. The third kappa shape index (κ3) is 6.32. The minimum absolute atomic E-state index is 0. The lowest BCUT2D eigenvalue weighted by molar-refractivity contribution is -0.122. The maximum atomic E-state index is 13.3. The maximum Gasteiger partial charge on any atom is 0.247 e. The number of rotatable bonds is 10. The number of hydrogen-bond acceptors (Lipinski definition) is 6. The van der Waals surface area contributed by atoms with Gasteiger partial charge in [-0.1, -0.05) is 30.3 Å². The summed E-state index contributed by atoms with van der Waals surface area (Å²) in [6.07, 6.45) is 0. The van der Waals surface area contributed by atoms with E-state index in [1.54, 1.807) is 36.4 Å². The largest absolute Gasteiger partial charge is 0.493 e. The van der Waals surface area contributed by atoms with E-state index in [4.69, 9.17) is 25.4 Å². The standard InChI is InChI=1S/C25H28N4O4.ClH/c1-31-20-13-18(14-21(32-2)23(20)33-3)22(25(30)28-15-16-7-5-4-6-8-16)29-19-11-9-17(10-12-19)24(26)27;/h4-14,22,29H,15H2,1-3H3,(H3,26,27)(H,28,30);1H. The molecule has 9 heteroatoms. The topological polar surface area (TPSA) is 119 Å². The molecule has 0 saturated carbocycles. The molecule has 0 aliphatic rings. The van der Waals surface area contributed by atoms with Crippen LogP contribution >= 0.6 is 12.4 Å². The summed E-state index contributed by atoms with van der Waals surface area (Å²) in [5.41, 5.74) is 8.45. The van der Waals surface area contributed by atoms with Gasteiger partial charge in [0.05, 0.1) is 21.3 Å². The first-order chi connectivity index (χ1) is 16.0. The van der Waals surface area contributed by atoms with Gasteiger partial charge in [0.25, 0.3) is 0 Å². The van der Waals surface area contributed by atoms with Gasteiger partial charge in [0.15, 0.2) is 11.5 Å². The summed E-state index contributed by atoms with van der Waals surface area (Å²) in [6.45, 7) is 0.381. The van der Waals surface area contributed by atoms with Gasteiger partial charge >= 0.3 is 0 Å². The number of halogens is 1. The highest BCUT2D eigenvalue weighted by atomic mass is 35.5. The average Bonchev–Trinajstić information content (AvgIpc) is 2.85. The predicted octanol–water partition coefficient (Wildman–Crippen LogP) is 3.89. The zero-order valence-corrected chi connectivity index (χ0v) is 20.1. The van der Waals surface area contributed by atoms with Gasteiger partial charge in [-0.05, 0) is 47.5 Å². The molecule has 0 saturated heterocycles. The highest BCUT2D eigenvalue weighted by Gasteiger charge is 2.24. The van der Waals surface area contributed by atoms with Crippen molar-refractivity contribution in [3.63, 3.8) is 0 Å². The summed E-state index contributed by atoms with van der Waals surface area (Å²) in [7, 11) is 4.58. The van der Waals surface area contributed by atoms with E-state index in [1.165, 1.54) is 21.3 Å². The number of hydrogen-bond donors (Lipinski definition) is 4. The molecule has 1 atom stereocenters. The Morgan fingerprint density at radius 1 is 0.941 bits per heavy atom. The molecule has 1 amide bonds. The third-order valence-electron chi connectivity index (χ3n) is 5.10. The summed E-state index contributed by atoms with van der Waals surface area (Å²) in [5, 5.41) is 13.8. The van der Waals surface area contributed by atoms with E-state index in [-0.39, 0.29) is 24.1 Å². The molecule has 3 aromatic rings. The van der Waals surface area contributed by atoms with Gasteiger partial charge in [-0.15, -0.1) is 12.4 Å². The summed E-state index contributed by atoms with van der Waals surface area (Å²) >= 11 is 0. The Kier molecular flexibility index (Phi) is 9.58. The quantitative estimate of drug-likeness (QED) is 0.256. The Balaban J connectivity index is 0.00000408. The molecule has 0 heterocycles. The molecule has 0 bridgehead atoms. The van der Waals surface area contributed by atoms with Gasteiger partial charge in [0.1, 0.15) is 11.9 Å². The van der Waals surface area contributed by atoms with Crippen molar-refractivity contribution in [2.75, 3.05) is 26.6 Å². The number of nitrogen functional groups attached to an aromatic ring is 1. The van der Waals surface area contributed by atoms with Crippen LogP contribution in [-0.4, -0.2) is 33.1 Å². The molecule has 0 aromatic heterocycles. The molecule has 8 nitrogen and oxygen atoms in total. The zero-order chi connectivity index (χ0) is 23.8. The van der Waals surface area contributed by atoms with Gasteiger partial charge in [-0.2, -0.15) is 0 Å². The van der Waals surface area contributed by atoms with Crippen LogP contribution in [0.3, 0.4) is 0 Å². The van der Waals surface area contributed by atoms with Crippen molar-refractivity contribution >= 4 is 29.8 Å². The molecule has 34 heavy (non-hydrogen) atoms. The Hall–Kier alpha value is -3.91. The number of ether oxygens (including phenoxy) is 3. The second-order valence-corrected chi connectivity index (χ2v) is 7.23. The molecule has 3 rings (SSSR count). The molecule has 3 aromatic carbocycles. The molecule has 0 aliphatic carbocycles. The number of amidine groups is 1. The highest BCUT2D eigenvalue weighted by Crippen LogP contribution is 2.40. The van der Waals surface area contributed by atoms with Crippen molar-refractivity contribution < 1.29 is 19.0 Å². The molecule has 0 aliphatic heterocycles. The van der Waals surface area contributed by atoms with Gasteiger partial charge in [0, 0.05) is 17.8 Å². The zero-order valence-electron chi connectivity index (χ0n) is 19.3. The lowest BCUT2D eigenvalue weighted by Gasteiger charge is -2.22. The number of methoxy groups -OCH3 is 3. The van der Waals surface area contributed by atoms with Gasteiger partial charge < -0.3 is 30.6 Å². The van der Waals surface area contributed by atoms with Crippen molar-refractivity contribution in [2.45, 2.75) is 12.6 Å². The number of benzene rings is 3. The average molecular weight is 485 g/mol. The predicted molar refractivity (Wildman–Crippen MR) is 135 cm³/mol. The van der Waals surface area contributed by atoms with Crippen LogP contribution in [0.5, 0.6) is 17.2 Å². The first-order valence-corrected chi connectivity index (χ1v) is 10.3. The minimum atomic E-state index is -0.759. The maximum absolute atomic E-state index is 13.3. The molecule has 1 unspecified atom stereocenters. The lowest BCUT2D eigenvalue weighted by atomic mass is 10.0. The van der Waals surface area contributed by atoms with Gasteiger partial charge in [-0.3, -0.25) is 10.2 Å². The highest BCUT2D eigenvalue weighted by molar-refractivity contribution is 5.95. The lowest BCUT2D eigenvalue weighted by Crippen LogP contribution is -2.33. The van der Waals surface area contributed by atoms with Crippen molar-refractivity contribution in [2.24, 2.45) is 5.73 Å². The number of nitrogens with one attached hydrogen (secondary N) is 3. The van der Waals surface area contributed by atoms with E-state index in [1.807, 2.05) is 30.3 Å². The molecule has 0 spiro atoms. The van der Waals surface area contributed by atoms with Crippen LogP contribution in [0.15, 0.2) is 66.7 Å². The fourth-order valence-corrected chi connectivity index (χ4v) is 3.37. The molecule has 5 N–H and O–H groups in total. The molecule has 0 radical (unpaired) electrons. The first kappa shape index (κ1) is 26.3. The number of carbonyl (C=O) groups is 1. The fraction of sp³-hybridized carbons (Fsp3) is 0.200. The number of amides is 1. The summed E-state index contributed by atoms with van der Waals surface area (Å²) in [6, 6.07) is 19.4. The summed E-state index contributed by atoms with van der Waals surface area (Å²) < 4.78 is 16.3. The van der Waals surface area contributed by atoms with Crippen molar-refractivity contribution in [1.82, 2.24) is 5.32 Å². The van der Waals surface area contributed by atoms with Crippen LogP contribution in [0.4, 0.5) is 5.69 Å². The van der Waals surface area contributed by atoms with E-state index in [2.05, 4.69) is 10.6 Å². The van der Waals surface area contributed by atoms with Crippen LogP contribution in [0.2, 0.25) is 0 Å². The normalized spacial score (nSPS) is 10.9. The monoisotopic (exact) mass is 484 g/mol. The smallest absolute Gasteiger partial charge is 0.247 e. The van der Waals surface area contributed by atoms with Crippen LogP contribution in [0, 0.1) is 5.41 Å². The molecule has 0 fully saturated rings. The van der Waals surface area contributed by atoms with E-state index in [9.17, 15) is 4.79 Å². The van der Waals surface area contributed by atoms with E-state index in [0.29, 0.717) is 40.6 Å². The summed E-state index contributed by atoms with van der Waals surface area (Å²) in [5.74, 6) is 1.08. The fourth-order valence-electron chi connectivity index (χ4n) is 3.37. The van der Waals surface area contributed by atoms with E-state index in [0.717, 1.165) is 5.56 Å². The minimum Gasteiger partial charge on any atom is -0.493 e. The Labute approximate surface area is 205 Å². The van der Waals surface area contributed by atoms with Crippen LogP contribution in [-0.2, 0) is 11.3 Å². The van der Waals surface area contributed by atoms with Crippen LogP contribution in [0.25, 0.3) is 0 Å². The van der Waals surface area contributed by atoms with Crippen LogP contribution < -0.4 is 30.6 Å². The molecular weight excluding hydrogens is 456 g/mol. The van der Waals surface area contributed by atoms with E-state index < -0.39 is 6.04 Å². The Morgan fingerprint density at radius 3 is 2.03 bits per heavy atom. The van der Waals surface area contributed by atoms with E-state index >= 15 is 0 Å². The van der Waals surface area contributed by atoms with Crippen molar-refractivity contribution in [1.29, 1.82) is 5.41 Å². The van der Waals surface area contributed by atoms with Crippen molar-refractivity contribution in [3.05, 3.63) is 83.4 Å². The summed E-state index contributed by atoms with van der Waals surface area (Å²) in [4.78, 5) is 13.3. The molecular formula is C25H29ClN4O4. The first-order valence-electron chi connectivity index (χ1n) is 10.3. The van der Waals surface area contributed by atoms with Gasteiger partial charge in [0.2, 0.25) is 11.7 Å². The molecule has 180 valence electrons. The number of carbonyl (C=O) groups excluding carboxylic acids is 1. The number of nitrogens with two attached hydrogens (primary N) is 1. The second kappa shape index (κ2) is 12.4.